The van der Waals surface area contributed by atoms with Crippen molar-refractivity contribution in [3.8, 4) is 5.75 Å². The number of pyridine rings is 1. The Labute approximate surface area is 146 Å². The van der Waals surface area contributed by atoms with Crippen LogP contribution in [0.4, 0.5) is 17.2 Å². The molecule has 3 aromatic rings. The summed E-state index contributed by atoms with van der Waals surface area (Å²) in [6, 6.07) is 6.89. The summed E-state index contributed by atoms with van der Waals surface area (Å²) < 4.78 is 1.57. The Hall–Kier alpha value is -3.82. The Morgan fingerprint density at radius 2 is 2.08 bits per heavy atom. The molecule has 0 aliphatic heterocycles. The molecule has 0 saturated carbocycles. The number of phenols is 1. The van der Waals surface area contributed by atoms with Gasteiger partial charge in [-0.15, -0.1) is 10.2 Å². The van der Waals surface area contributed by atoms with E-state index in [9.17, 15) is 20.0 Å². The second kappa shape index (κ2) is 6.59. The molecule has 0 radical (unpaired) electrons. The molecule has 10 heteroatoms. The number of nitrogens with zero attached hydrogens (tertiary/aromatic N) is 5. The number of hydrogen-bond donors (Lipinski definition) is 2. The Kier molecular flexibility index (Phi) is 4.31. The highest BCUT2D eigenvalue weighted by Gasteiger charge is 2.16. The van der Waals surface area contributed by atoms with Gasteiger partial charge in [-0.3, -0.25) is 19.3 Å². The summed E-state index contributed by atoms with van der Waals surface area (Å²) >= 11 is 0. The van der Waals surface area contributed by atoms with E-state index in [0.717, 1.165) is 23.8 Å². The largest absolute Gasteiger partial charge is 0.506 e. The number of aromatic hydroxyl groups is 1. The fraction of sp³-hybridized carbons (Fsp3) is 0.125. The van der Waals surface area contributed by atoms with Crippen LogP contribution in [0.25, 0.3) is 5.65 Å². The third-order valence-corrected chi connectivity index (χ3v) is 3.55. The van der Waals surface area contributed by atoms with E-state index in [1.807, 2.05) is 13.0 Å². The second-order valence-corrected chi connectivity index (χ2v) is 5.52. The Morgan fingerprint density at radius 3 is 2.77 bits per heavy atom. The van der Waals surface area contributed by atoms with E-state index in [4.69, 9.17) is 5.11 Å². The number of non-ortho nitro benzene ring substituents is 1. The van der Waals surface area contributed by atoms with Crippen molar-refractivity contribution in [1.29, 1.82) is 0 Å². The molecule has 2 N–H and O–H groups in total. The van der Waals surface area contributed by atoms with Gasteiger partial charge < -0.3 is 10.2 Å². The molecule has 0 spiro atoms. The van der Waals surface area contributed by atoms with Gasteiger partial charge in [-0.25, -0.2) is 4.98 Å². The van der Waals surface area contributed by atoms with Crippen molar-refractivity contribution in [2.75, 3.05) is 0 Å². The maximum Gasteiger partial charge on any atom is 0.309 e. The lowest BCUT2D eigenvalue weighted by Crippen LogP contribution is -2.00. The average Bonchev–Trinajstić information content (AvgIpc) is 2.89. The molecule has 0 amide bonds. The normalized spacial score (nSPS) is 11.3. The van der Waals surface area contributed by atoms with E-state index in [-0.39, 0.29) is 35.1 Å². The first-order chi connectivity index (χ1) is 12.3. The van der Waals surface area contributed by atoms with Crippen LogP contribution in [0.15, 0.2) is 46.8 Å². The van der Waals surface area contributed by atoms with E-state index >= 15 is 0 Å². The van der Waals surface area contributed by atoms with Gasteiger partial charge in [-0.2, -0.15) is 0 Å². The van der Waals surface area contributed by atoms with Crippen LogP contribution < -0.4 is 0 Å². The van der Waals surface area contributed by atoms with Crippen LogP contribution >= 0.6 is 0 Å². The molecule has 2 aromatic heterocycles. The number of phenolic OH excluding ortho intramolecular Hbond substituents is 1. The molecule has 0 bridgehead atoms. The summed E-state index contributed by atoms with van der Waals surface area (Å²) in [4.78, 5) is 25.5. The van der Waals surface area contributed by atoms with Gasteiger partial charge in [0.1, 0.15) is 17.1 Å². The summed E-state index contributed by atoms with van der Waals surface area (Å²) in [7, 11) is 0. The number of nitro benzene ring substituents is 1. The maximum atomic E-state index is 11.1. The SMILES string of the molecule is Cc1ccc2nc(CC(=O)O)c(N=Nc3cc([N+](=O)[O-])ccc3O)n2c1. The van der Waals surface area contributed by atoms with Crippen LogP contribution in [-0.4, -0.2) is 30.5 Å². The highest BCUT2D eigenvalue weighted by molar-refractivity contribution is 5.72. The summed E-state index contributed by atoms with van der Waals surface area (Å²) in [6.07, 6.45) is 1.35. The first kappa shape index (κ1) is 17.0. The van der Waals surface area contributed by atoms with Crippen molar-refractivity contribution in [3.05, 3.63) is 57.9 Å². The zero-order valence-corrected chi connectivity index (χ0v) is 13.5. The zero-order chi connectivity index (χ0) is 18.8. The average molecular weight is 355 g/mol. The van der Waals surface area contributed by atoms with E-state index < -0.39 is 10.9 Å². The number of azo groups is 1. The number of carboxylic acids is 1. The minimum Gasteiger partial charge on any atom is -0.506 e. The molecular formula is C16H13N5O5. The third kappa shape index (κ3) is 3.34. The number of rotatable bonds is 5. The number of aryl methyl sites for hydroxylation is 1. The van der Waals surface area contributed by atoms with E-state index in [1.165, 1.54) is 0 Å². The topological polar surface area (TPSA) is 143 Å². The minimum absolute atomic E-state index is 0.108. The quantitative estimate of drug-likeness (QED) is 0.408. The Bertz CT molecular complexity index is 1060. The second-order valence-electron chi connectivity index (χ2n) is 5.52. The molecule has 0 atom stereocenters. The summed E-state index contributed by atoms with van der Waals surface area (Å²) in [5.74, 6) is -1.19. The number of nitro groups is 1. The van der Waals surface area contributed by atoms with Gasteiger partial charge in [0.15, 0.2) is 5.82 Å². The predicted molar refractivity (Wildman–Crippen MR) is 90.2 cm³/mol. The Morgan fingerprint density at radius 1 is 1.31 bits per heavy atom. The minimum atomic E-state index is -1.08. The molecule has 2 heterocycles. The van der Waals surface area contributed by atoms with Gasteiger partial charge >= 0.3 is 5.97 Å². The molecular weight excluding hydrogens is 342 g/mol. The van der Waals surface area contributed by atoms with Gasteiger partial charge in [0.05, 0.1) is 17.0 Å². The summed E-state index contributed by atoms with van der Waals surface area (Å²) in [5, 5.41) is 37.6. The van der Waals surface area contributed by atoms with Crippen molar-refractivity contribution >= 4 is 28.8 Å². The number of aromatic nitrogens is 2. The van der Waals surface area contributed by atoms with Crippen LogP contribution in [-0.2, 0) is 11.2 Å². The molecule has 0 aliphatic rings. The van der Waals surface area contributed by atoms with Gasteiger partial charge in [-0.1, -0.05) is 6.07 Å². The van der Waals surface area contributed by atoms with Crippen LogP contribution in [0.1, 0.15) is 11.3 Å². The molecule has 3 rings (SSSR count). The van der Waals surface area contributed by atoms with Gasteiger partial charge in [0, 0.05) is 18.3 Å². The number of carboxylic acid groups (broad SMARTS) is 1. The fourth-order valence-electron chi connectivity index (χ4n) is 2.36. The predicted octanol–water partition coefficient (Wildman–Crippen LogP) is 3.30. The molecule has 26 heavy (non-hydrogen) atoms. The van der Waals surface area contributed by atoms with Crippen LogP contribution in [0.3, 0.4) is 0 Å². The smallest absolute Gasteiger partial charge is 0.309 e. The highest BCUT2D eigenvalue weighted by Crippen LogP contribution is 2.32. The summed E-state index contributed by atoms with van der Waals surface area (Å²) in [6.45, 7) is 1.85. The monoisotopic (exact) mass is 355 g/mol. The van der Waals surface area contributed by atoms with E-state index in [0.29, 0.717) is 5.65 Å². The van der Waals surface area contributed by atoms with Gasteiger partial charge in [-0.05, 0) is 24.6 Å². The van der Waals surface area contributed by atoms with Crippen molar-refractivity contribution < 1.29 is 19.9 Å². The molecule has 1 aromatic carbocycles. The van der Waals surface area contributed by atoms with Gasteiger partial charge in [0.2, 0.25) is 0 Å². The lowest BCUT2D eigenvalue weighted by molar-refractivity contribution is -0.384. The standard InChI is InChI=1S/C16H13N5O5/c1-9-2-5-14-17-12(7-15(23)24)16(20(14)8-9)19-18-11-6-10(21(25)26)3-4-13(11)22/h2-6,8,22H,7H2,1H3,(H,23,24). The lowest BCUT2D eigenvalue weighted by Gasteiger charge is -2.00. The number of imidazole rings is 1. The van der Waals surface area contributed by atoms with E-state index in [1.54, 1.807) is 16.7 Å². The number of hydrogen-bond acceptors (Lipinski definition) is 7. The molecule has 10 nitrogen and oxygen atoms in total. The fourth-order valence-corrected chi connectivity index (χ4v) is 2.36. The number of aliphatic carboxylic acids is 1. The number of fused-ring (bicyclic) bond motifs is 1. The van der Waals surface area contributed by atoms with Crippen molar-refractivity contribution in [1.82, 2.24) is 9.38 Å². The maximum absolute atomic E-state index is 11.1. The molecule has 0 saturated heterocycles. The number of carbonyl (C=O) groups is 1. The van der Waals surface area contributed by atoms with Crippen LogP contribution in [0.2, 0.25) is 0 Å². The van der Waals surface area contributed by atoms with Crippen molar-refractivity contribution in [2.45, 2.75) is 13.3 Å². The van der Waals surface area contributed by atoms with Crippen molar-refractivity contribution in [2.24, 2.45) is 10.2 Å². The Balaban J connectivity index is 2.11. The molecule has 0 fully saturated rings. The van der Waals surface area contributed by atoms with Gasteiger partial charge in [0.25, 0.3) is 5.69 Å². The first-order valence-corrected chi connectivity index (χ1v) is 7.43. The summed E-state index contributed by atoms with van der Waals surface area (Å²) in [5.41, 5.74) is 1.21. The molecule has 0 unspecified atom stereocenters. The zero-order valence-electron chi connectivity index (χ0n) is 13.5. The van der Waals surface area contributed by atoms with E-state index in [2.05, 4.69) is 15.2 Å². The lowest BCUT2D eigenvalue weighted by atomic mass is 10.2. The van der Waals surface area contributed by atoms with Crippen molar-refractivity contribution in [3.63, 3.8) is 0 Å². The van der Waals surface area contributed by atoms with Crippen LogP contribution in [0, 0.1) is 17.0 Å². The third-order valence-electron chi connectivity index (χ3n) is 3.55. The first-order valence-electron chi connectivity index (χ1n) is 7.43. The van der Waals surface area contributed by atoms with Crippen LogP contribution in [0.5, 0.6) is 5.75 Å². The highest BCUT2D eigenvalue weighted by atomic mass is 16.6. The molecule has 0 aliphatic carbocycles. The molecule has 132 valence electrons. The number of benzene rings is 1.